The standard InChI is InChI=1S/C16H14FN5O/c1-22-10-13(8-21-22)15-4-11(2-3-19-15)6-20-16(23)12-5-14(17)9-18-7-12/h2-5,7-10H,6H2,1H3,(H,20,23). The third-order valence-electron chi connectivity index (χ3n) is 3.25. The van der Waals surface area contributed by atoms with Crippen LogP contribution in [0.2, 0.25) is 0 Å². The summed E-state index contributed by atoms with van der Waals surface area (Å²) in [5.41, 5.74) is 2.75. The van der Waals surface area contributed by atoms with Crippen LogP contribution in [-0.4, -0.2) is 25.7 Å². The molecule has 0 aliphatic rings. The van der Waals surface area contributed by atoms with E-state index in [1.54, 1.807) is 17.1 Å². The Morgan fingerprint density at radius 1 is 1.30 bits per heavy atom. The highest BCUT2D eigenvalue weighted by molar-refractivity contribution is 5.93. The van der Waals surface area contributed by atoms with Crippen molar-refractivity contribution in [1.82, 2.24) is 25.1 Å². The molecule has 7 heteroatoms. The maximum Gasteiger partial charge on any atom is 0.253 e. The molecule has 1 N–H and O–H groups in total. The monoisotopic (exact) mass is 311 g/mol. The molecule has 6 nitrogen and oxygen atoms in total. The fourth-order valence-electron chi connectivity index (χ4n) is 2.12. The van der Waals surface area contributed by atoms with Crippen molar-refractivity contribution >= 4 is 5.91 Å². The number of carbonyl (C=O) groups is 1. The predicted octanol–water partition coefficient (Wildman–Crippen LogP) is 1.95. The SMILES string of the molecule is Cn1cc(-c2cc(CNC(=O)c3cncc(F)c3)ccn2)cn1. The summed E-state index contributed by atoms with van der Waals surface area (Å²) in [7, 11) is 1.83. The van der Waals surface area contributed by atoms with Crippen LogP contribution in [0.1, 0.15) is 15.9 Å². The van der Waals surface area contributed by atoms with Crippen LogP contribution in [0.25, 0.3) is 11.3 Å². The average Bonchev–Trinajstić information content (AvgIpc) is 2.99. The zero-order chi connectivity index (χ0) is 16.2. The molecule has 0 fully saturated rings. The number of aryl methyl sites for hydroxylation is 1. The van der Waals surface area contributed by atoms with Crippen LogP contribution in [0.15, 0.2) is 49.2 Å². The van der Waals surface area contributed by atoms with Gasteiger partial charge < -0.3 is 5.32 Å². The number of nitrogens with zero attached hydrogens (tertiary/aromatic N) is 4. The van der Waals surface area contributed by atoms with Crippen molar-refractivity contribution in [2.24, 2.45) is 7.05 Å². The van der Waals surface area contributed by atoms with E-state index >= 15 is 0 Å². The van der Waals surface area contributed by atoms with Gasteiger partial charge in [0.1, 0.15) is 5.82 Å². The van der Waals surface area contributed by atoms with E-state index in [2.05, 4.69) is 20.4 Å². The third-order valence-corrected chi connectivity index (χ3v) is 3.25. The minimum atomic E-state index is -0.541. The molecule has 0 atom stereocenters. The Balaban J connectivity index is 1.70. The topological polar surface area (TPSA) is 72.7 Å². The second kappa shape index (κ2) is 6.35. The van der Waals surface area contributed by atoms with E-state index in [0.29, 0.717) is 6.54 Å². The van der Waals surface area contributed by atoms with Crippen LogP contribution in [0.5, 0.6) is 0 Å². The molecule has 3 aromatic rings. The molecule has 3 rings (SSSR count). The number of amides is 1. The maximum atomic E-state index is 13.1. The molecule has 1 amide bonds. The summed E-state index contributed by atoms with van der Waals surface area (Å²) in [6, 6.07) is 4.83. The Morgan fingerprint density at radius 2 is 2.17 bits per heavy atom. The van der Waals surface area contributed by atoms with Crippen molar-refractivity contribution in [1.29, 1.82) is 0 Å². The second-order valence-corrected chi connectivity index (χ2v) is 5.03. The molecule has 3 heterocycles. The largest absolute Gasteiger partial charge is 0.348 e. The summed E-state index contributed by atoms with van der Waals surface area (Å²) >= 11 is 0. The van der Waals surface area contributed by atoms with E-state index in [-0.39, 0.29) is 11.5 Å². The lowest BCUT2D eigenvalue weighted by molar-refractivity contribution is 0.0950. The van der Waals surface area contributed by atoms with Gasteiger partial charge in [-0.25, -0.2) is 4.39 Å². The van der Waals surface area contributed by atoms with Gasteiger partial charge in [0.15, 0.2) is 0 Å². The zero-order valence-corrected chi connectivity index (χ0v) is 12.4. The van der Waals surface area contributed by atoms with Crippen molar-refractivity contribution in [3.8, 4) is 11.3 Å². The molecule has 0 aromatic carbocycles. The fourth-order valence-corrected chi connectivity index (χ4v) is 2.12. The number of nitrogens with one attached hydrogen (secondary N) is 1. The molecule has 0 bridgehead atoms. The van der Waals surface area contributed by atoms with Crippen LogP contribution < -0.4 is 5.32 Å². The Labute approximate surface area is 132 Å². The normalized spacial score (nSPS) is 10.5. The first-order valence-electron chi connectivity index (χ1n) is 6.94. The minimum Gasteiger partial charge on any atom is -0.348 e. The number of carbonyl (C=O) groups excluding carboxylic acids is 1. The molecule has 116 valence electrons. The summed E-state index contributed by atoms with van der Waals surface area (Å²) in [6.07, 6.45) is 7.64. The highest BCUT2D eigenvalue weighted by Gasteiger charge is 2.08. The van der Waals surface area contributed by atoms with Gasteiger partial charge in [-0.05, 0) is 23.8 Å². The number of halogens is 1. The van der Waals surface area contributed by atoms with E-state index in [0.717, 1.165) is 29.1 Å². The van der Waals surface area contributed by atoms with Gasteiger partial charge in [0.2, 0.25) is 0 Å². The molecule has 0 unspecified atom stereocenters. The van der Waals surface area contributed by atoms with Crippen molar-refractivity contribution in [2.45, 2.75) is 6.54 Å². The van der Waals surface area contributed by atoms with Gasteiger partial charge in [0.05, 0.1) is 23.7 Å². The Kier molecular flexibility index (Phi) is 4.09. The zero-order valence-electron chi connectivity index (χ0n) is 12.4. The first kappa shape index (κ1) is 14.8. The number of aromatic nitrogens is 4. The van der Waals surface area contributed by atoms with E-state index in [1.165, 1.54) is 6.20 Å². The summed E-state index contributed by atoms with van der Waals surface area (Å²) in [5.74, 6) is -0.919. The Morgan fingerprint density at radius 3 is 2.91 bits per heavy atom. The van der Waals surface area contributed by atoms with Crippen LogP contribution in [-0.2, 0) is 13.6 Å². The van der Waals surface area contributed by atoms with E-state index in [1.807, 2.05) is 25.4 Å². The summed E-state index contributed by atoms with van der Waals surface area (Å²) in [6.45, 7) is 0.311. The summed E-state index contributed by atoms with van der Waals surface area (Å²) in [5, 5.41) is 6.84. The van der Waals surface area contributed by atoms with Crippen molar-refractivity contribution in [3.63, 3.8) is 0 Å². The first-order chi connectivity index (χ1) is 11.1. The van der Waals surface area contributed by atoms with Crippen LogP contribution in [0, 0.1) is 5.82 Å². The minimum absolute atomic E-state index is 0.187. The van der Waals surface area contributed by atoms with Gasteiger partial charge in [-0.3, -0.25) is 19.4 Å². The highest BCUT2D eigenvalue weighted by atomic mass is 19.1. The molecule has 0 saturated carbocycles. The van der Waals surface area contributed by atoms with Crippen molar-refractivity contribution in [2.75, 3.05) is 0 Å². The summed E-state index contributed by atoms with van der Waals surface area (Å²) in [4.78, 5) is 19.9. The molecule has 0 radical (unpaired) electrons. The second-order valence-electron chi connectivity index (χ2n) is 5.03. The van der Waals surface area contributed by atoms with Gasteiger partial charge in [-0.15, -0.1) is 0 Å². The maximum absolute atomic E-state index is 13.1. The van der Waals surface area contributed by atoms with Gasteiger partial charge in [0.25, 0.3) is 5.91 Å². The number of rotatable bonds is 4. The number of hydrogen-bond acceptors (Lipinski definition) is 4. The van der Waals surface area contributed by atoms with Gasteiger partial charge >= 0.3 is 0 Å². The molecule has 0 aliphatic heterocycles. The molecule has 0 saturated heterocycles. The van der Waals surface area contributed by atoms with E-state index in [9.17, 15) is 9.18 Å². The molecule has 3 aromatic heterocycles. The lowest BCUT2D eigenvalue weighted by Crippen LogP contribution is -2.23. The van der Waals surface area contributed by atoms with Crippen molar-refractivity contribution in [3.05, 3.63) is 66.1 Å². The lowest BCUT2D eigenvalue weighted by Gasteiger charge is -2.06. The highest BCUT2D eigenvalue weighted by Crippen LogP contribution is 2.16. The molecular weight excluding hydrogens is 297 g/mol. The van der Waals surface area contributed by atoms with Crippen LogP contribution in [0.4, 0.5) is 4.39 Å². The van der Waals surface area contributed by atoms with Gasteiger partial charge in [-0.2, -0.15) is 5.10 Å². The third kappa shape index (κ3) is 3.57. The molecule has 0 aliphatic carbocycles. The Bertz CT molecular complexity index is 846. The molecule has 23 heavy (non-hydrogen) atoms. The molecule has 0 spiro atoms. The predicted molar refractivity (Wildman–Crippen MR) is 81.8 cm³/mol. The van der Waals surface area contributed by atoms with Gasteiger partial charge in [-0.1, -0.05) is 0 Å². The van der Waals surface area contributed by atoms with E-state index in [4.69, 9.17) is 0 Å². The fraction of sp³-hybridized carbons (Fsp3) is 0.125. The lowest BCUT2D eigenvalue weighted by atomic mass is 10.1. The Hall–Kier alpha value is -3.09. The molecular formula is C16H14FN5O. The summed E-state index contributed by atoms with van der Waals surface area (Å²) < 4.78 is 14.8. The van der Waals surface area contributed by atoms with Crippen LogP contribution >= 0.6 is 0 Å². The van der Waals surface area contributed by atoms with Crippen LogP contribution in [0.3, 0.4) is 0 Å². The van der Waals surface area contributed by atoms with Crippen molar-refractivity contribution < 1.29 is 9.18 Å². The smallest absolute Gasteiger partial charge is 0.253 e. The first-order valence-corrected chi connectivity index (χ1v) is 6.94. The van der Waals surface area contributed by atoms with E-state index < -0.39 is 5.82 Å². The average molecular weight is 311 g/mol. The van der Waals surface area contributed by atoms with Gasteiger partial charge in [0, 0.05) is 37.7 Å². The number of hydrogen-bond donors (Lipinski definition) is 1. The quantitative estimate of drug-likeness (QED) is 0.799. The number of pyridine rings is 2.